The highest BCUT2D eigenvalue weighted by atomic mass is 35.5. The van der Waals surface area contributed by atoms with Gasteiger partial charge in [-0.25, -0.2) is 14.3 Å². The van der Waals surface area contributed by atoms with E-state index in [0.29, 0.717) is 25.4 Å². The topological polar surface area (TPSA) is 73.4 Å². The van der Waals surface area contributed by atoms with Crippen LogP contribution >= 0.6 is 0 Å². The van der Waals surface area contributed by atoms with E-state index in [9.17, 15) is 9.59 Å². The standard InChI is InChI=1S/C26H35N5O2.ClH/c1-26(2,3)18-31-21-12-13-22(28-24(21)29(4)25(31)33)30-14-8-11-20(17-30)16-27-23(32)15-19-9-6-5-7-10-19;/h5-7,9-10,12-13,20H,8,11,14-18H2,1-4H3,(H,27,32);1H. The Labute approximate surface area is 207 Å². The zero-order chi connectivity index (χ0) is 23.6. The number of imidazole rings is 1. The highest BCUT2D eigenvalue weighted by Crippen LogP contribution is 2.23. The van der Waals surface area contributed by atoms with Gasteiger partial charge in [0.15, 0.2) is 0 Å². The average Bonchev–Trinajstić information content (AvgIpc) is 3.02. The zero-order valence-electron chi connectivity index (χ0n) is 20.6. The van der Waals surface area contributed by atoms with Gasteiger partial charge in [-0.15, -0.1) is 0 Å². The van der Waals surface area contributed by atoms with Crippen molar-refractivity contribution in [3.05, 3.63) is 58.5 Å². The molecule has 0 bridgehead atoms. The van der Waals surface area contributed by atoms with E-state index >= 15 is 0 Å². The molecule has 34 heavy (non-hydrogen) atoms. The number of aromatic nitrogens is 3. The summed E-state index contributed by atoms with van der Waals surface area (Å²) in [7, 11) is 1.82. The number of halogens is 1. The van der Waals surface area contributed by atoms with Crippen molar-refractivity contribution in [2.24, 2.45) is 18.4 Å². The lowest BCUT2D eigenvalue weighted by molar-refractivity contribution is -0.335. The second kappa shape index (κ2) is 10.6. The molecule has 0 saturated carbocycles. The molecule has 2 N–H and O–H groups in total. The lowest BCUT2D eigenvalue weighted by Crippen LogP contribution is -3.00. The minimum absolute atomic E-state index is 0. The van der Waals surface area contributed by atoms with Gasteiger partial charge in [0.05, 0.1) is 26.6 Å². The minimum Gasteiger partial charge on any atom is -1.00 e. The third kappa shape index (κ3) is 6.00. The molecular formula is C26H36ClN5O2. The van der Waals surface area contributed by atoms with Crippen molar-refractivity contribution < 1.29 is 22.2 Å². The largest absolute Gasteiger partial charge is 1.00 e. The number of pyridine rings is 1. The van der Waals surface area contributed by atoms with Crippen LogP contribution in [0.2, 0.25) is 0 Å². The molecule has 1 aliphatic heterocycles. The molecule has 0 radical (unpaired) electrons. The Balaban J connectivity index is 0.00000324. The van der Waals surface area contributed by atoms with Crippen molar-refractivity contribution in [2.45, 2.75) is 46.6 Å². The van der Waals surface area contributed by atoms with Gasteiger partial charge in [-0.3, -0.25) is 14.3 Å². The van der Waals surface area contributed by atoms with E-state index in [-0.39, 0.29) is 29.4 Å². The molecule has 3 aromatic rings. The maximum atomic E-state index is 12.8. The van der Waals surface area contributed by atoms with Crippen molar-refractivity contribution >= 4 is 22.9 Å². The molecule has 4 rings (SSSR count). The van der Waals surface area contributed by atoms with Crippen LogP contribution in [0.15, 0.2) is 47.3 Å². The van der Waals surface area contributed by atoms with E-state index < -0.39 is 0 Å². The second-order valence-electron chi connectivity index (χ2n) is 10.5. The number of aryl methyl sites for hydroxylation is 1. The van der Waals surface area contributed by atoms with Crippen molar-refractivity contribution in [3.8, 4) is 0 Å². The molecule has 8 heteroatoms. The van der Waals surface area contributed by atoms with Crippen LogP contribution in [0.1, 0.15) is 39.2 Å². The summed E-state index contributed by atoms with van der Waals surface area (Å²) in [6.07, 6.45) is 2.60. The van der Waals surface area contributed by atoms with Crippen LogP contribution in [0.25, 0.3) is 11.2 Å². The molecule has 1 aliphatic rings. The Bertz CT molecular complexity index is 1180. The van der Waals surface area contributed by atoms with Crippen LogP contribution in [-0.2, 0) is 24.8 Å². The molecule has 1 unspecified atom stereocenters. The van der Waals surface area contributed by atoms with Crippen LogP contribution in [0, 0.1) is 11.3 Å². The van der Waals surface area contributed by atoms with Crippen LogP contribution in [0.4, 0.5) is 5.82 Å². The molecule has 0 spiro atoms. The number of nitrogens with one attached hydrogen (secondary N) is 2. The summed E-state index contributed by atoms with van der Waals surface area (Å²) in [5, 5.41) is 3.12. The molecule has 3 heterocycles. The number of anilines is 1. The van der Waals surface area contributed by atoms with E-state index in [4.69, 9.17) is 0 Å². The second-order valence-corrected chi connectivity index (χ2v) is 10.5. The Kier molecular flexibility index (Phi) is 8.08. The first kappa shape index (κ1) is 25.8. The lowest BCUT2D eigenvalue weighted by Gasteiger charge is -2.30. The Morgan fingerprint density at radius 1 is 1.15 bits per heavy atom. The van der Waals surface area contributed by atoms with Crippen LogP contribution in [-0.4, -0.2) is 34.7 Å². The number of rotatable bonds is 6. The Hall–Kier alpha value is -2.80. The van der Waals surface area contributed by atoms with E-state index in [2.05, 4.69) is 48.1 Å². The number of aromatic amines is 1. The van der Waals surface area contributed by atoms with Crippen molar-refractivity contribution in [1.29, 1.82) is 0 Å². The summed E-state index contributed by atoms with van der Waals surface area (Å²) in [4.78, 5) is 31.0. The van der Waals surface area contributed by atoms with E-state index in [1.807, 2.05) is 41.9 Å². The normalized spacial score (nSPS) is 16.4. The molecule has 1 amide bonds. The predicted molar refractivity (Wildman–Crippen MR) is 131 cm³/mol. The molecule has 7 nitrogen and oxygen atoms in total. The van der Waals surface area contributed by atoms with Crippen molar-refractivity contribution in [3.63, 3.8) is 0 Å². The van der Waals surface area contributed by atoms with Gasteiger partial charge in [-0.05, 0) is 29.9 Å². The molecular weight excluding hydrogens is 450 g/mol. The smallest absolute Gasteiger partial charge is 0.386 e. The number of amides is 1. The predicted octanol–water partition coefficient (Wildman–Crippen LogP) is -0.220. The number of H-pyrrole nitrogens is 1. The number of hydrogen-bond donors (Lipinski definition) is 1. The van der Waals surface area contributed by atoms with Gasteiger partial charge in [0.2, 0.25) is 11.7 Å². The van der Waals surface area contributed by atoms with E-state index in [0.717, 1.165) is 48.5 Å². The maximum absolute atomic E-state index is 12.8. The first-order chi connectivity index (χ1) is 15.7. The van der Waals surface area contributed by atoms with Crippen molar-refractivity contribution in [1.82, 2.24) is 14.5 Å². The Morgan fingerprint density at radius 3 is 2.59 bits per heavy atom. The summed E-state index contributed by atoms with van der Waals surface area (Å²) < 4.78 is 3.56. The van der Waals surface area contributed by atoms with Gasteiger partial charge in [0.25, 0.3) is 5.65 Å². The Morgan fingerprint density at radius 2 is 1.88 bits per heavy atom. The highest BCUT2D eigenvalue weighted by Gasteiger charge is 2.27. The van der Waals surface area contributed by atoms with Crippen LogP contribution < -0.4 is 33.3 Å². The first-order valence-electron chi connectivity index (χ1n) is 11.9. The molecule has 184 valence electrons. The monoisotopic (exact) mass is 485 g/mol. The van der Waals surface area contributed by atoms with Crippen LogP contribution in [0.5, 0.6) is 0 Å². The molecule has 1 aromatic carbocycles. The quantitative estimate of drug-likeness (QED) is 0.524. The van der Waals surface area contributed by atoms with Gasteiger partial charge >= 0.3 is 5.69 Å². The lowest BCUT2D eigenvalue weighted by atomic mass is 9.97. The number of fused-ring (bicyclic) bond motifs is 1. The van der Waals surface area contributed by atoms with Gasteiger partial charge < -0.3 is 17.7 Å². The number of hydrogen-bond acceptors (Lipinski definition) is 3. The molecule has 1 atom stereocenters. The number of benzene rings is 1. The third-order valence-corrected chi connectivity index (χ3v) is 6.32. The van der Waals surface area contributed by atoms with Gasteiger partial charge in [-0.1, -0.05) is 51.1 Å². The summed E-state index contributed by atoms with van der Waals surface area (Å²) in [6, 6.07) is 14.0. The fourth-order valence-electron chi connectivity index (χ4n) is 4.68. The fourth-order valence-corrected chi connectivity index (χ4v) is 4.68. The third-order valence-electron chi connectivity index (χ3n) is 6.32. The molecule has 2 aromatic heterocycles. The molecule has 1 fully saturated rings. The summed E-state index contributed by atoms with van der Waals surface area (Å²) in [6.45, 7) is 9.63. The fraction of sp³-hybridized carbons (Fsp3) is 0.500. The number of carbonyl (C=O) groups excluding carboxylic acids is 1. The minimum atomic E-state index is 0. The average molecular weight is 486 g/mol. The SMILES string of the molecule is Cn1c(=O)n(CC(C)(C)C)c2ccc(N3CCCC(CNC(=O)Cc4ccccc4)C3)[nH+]c21.[Cl-]. The number of piperidine rings is 1. The van der Waals surface area contributed by atoms with Crippen LogP contribution in [0.3, 0.4) is 0 Å². The highest BCUT2D eigenvalue weighted by molar-refractivity contribution is 5.78. The summed E-state index contributed by atoms with van der Waals surface area (Å²) in [5.41, 5.74) is 2.84. The summed E-state index contributed by atoms with van der Waals surface area (Å²) >= 11 is 0. The summed E-state index contributed by atoms with van der Waals surface area (Å²) in [5.74, 6) is 1.49. The zero-order valence-corrected chi connectivity index (χ0v) is 21.4. The molecule has 1 saturated heterocycles. The van der Waals surface area contributed by atoms with E-state index in [1.165, 1.54) is 0 Å². The molecule has 0 aliphatic carbocycles. The van der Waals surface area contributed by atoms with Crippen molar-refractivity contribution in [2.75, 3.05) is 24.5 Å². The first-order valence-corrected chi connectivity index (χ1v) is 11.9. The van der Waals surface area contributed by atoms with Gasteiger partial charge in [-0.2, -0.15) is 0 Å². The van der Waals surface area contributed by atoms with Gasteiger partial charge in [0, 0.05) is 25.1 Å². The van der Waals surface area contributed by atoms with E-state index in [1.54, 1.807) is 4.57 Å². The number of nitrogens with zero attached hydrogens (tertiary/aromatic N) is 3. The number of carbonyl (C=O) groups is 1. The maximum Gasteiger partial charge on any atom is 0.386 e. The van der Waals surface area contributed by atoms with Gasteiger partial charge in [0.1, 0.15) is 5.52 Å².